The van der Waals surface area contributed by atoms with E-state index in [2.05, 4.69) is 16.3 Å². The van der Waals surface area contributed by atoms with Crippen LogP contribution in [0.3, 0.4) is 0 Å². The summed E-state index contributed by atoms with van der Waals surface area (Å²) in [6, 6.07) is 9.78. The zero-order valence-corrected chi connectivity index (χ0v) is 15.7. The number of benzene rings is 1. The molecular formula is C20H26N4O3. The molecule has 0 atom stereocenters. The first-order chi connectivity index (χ1) is 13.1. The van der Waals surface area contributed by atoms with Crippen LogP contribution < -0.4 is 10.2 Å². The van der Waals surface area contributed by atoms with Crippen LogP contribution in [0.5, 0.6) is 0 Å². The number of nitrogens with zero attached hydrogens (tertiary/aromatic N) is 3. The number of nitrogens with one attached hydrogen (secondary N) is 1. The van der Waals surface area contributed by atoms with Crippen LogP contribution in [0, 0.1) is 17.2 Å². The standard InChI is InChI=1S/C20H26N4O3/c1-27-19(25)16-4-6-17(7-5-16)22-20(26)24-12-10-23(11-13-24)18-8-2-15(14-21)3-9-18/h2-3,8-9,16-17H,4-7,10-13H2,1H3,(H,22,26)/t16-,17-. The van der Waals surface area contributed by atoms with Gasteiger partial charge in [0, 0.05) is 37.9 Å². The molecule has 1 aliphatic carbocycles. The van der Waals surface area contributed by atoms with E-state index in [1.54, 1.807) is 0 Å². The predicted molar refractivity (Wildman–Crippen MR) is 101 cm³/mol. The molecule has 1 N–H and O–H groups in total. The molecule has 144 valence electrons. The molecule has 0 aromatic heterocycles. The van der Waals surface area contributed by atoms with E-state index in [1.165, 1.54) is 7.11 Å². The largest absolute Gasteiger partial charge is 0.469 e. The fourth-order valence-corrected chi connectivity index (χ4v) is 3.82. The lowest BCUT2D eigenvalue weighted by molar-refractivity contribution is -0.146. The summed E-state index contributed by atoms with van der Waals surface area (Å²) in [7, 11) is 1.42. The van der Waals surface area contributed by atoms with E-state index in [1.807, 2.05) is 29.2 Å². The van der Waals surface area contributed by atoms with Crippen LogP contribution in [0.15, 0.2) is 24.3 Å². The van der Waals surface area contributed by atoms with E-state index in [0.29, 0.717) is 18.7 Å². The lowest BCUT2D eigenvalue weighted by Gasteiger charge is -2.37. The van der Waals surface area contributed by atoms with Gasteiger partial charge in [0.15, 0.2) is 0 Å². The number of rotatable bonds is 3. The quantitative estimate of drug-likeness (QED) is 0.824. The topological polar surface area (TPSA) is 85.7 Å². The molecular weight excluding hydrogens is 344 g/mol. The smallest absolute Gasteiger partial charge is 0.317 e. The zero-order chi connectivity index (χ0) is 19.2. The van der Waals surface area contributed by atoms with Gasteiger partial charge in [-0.1, -0.05) is 0 Å². The molecule has 0 radical (unpaired) electrons. The van der Waals surface area contributed by atoms with Gasteiger partial charge in [0.25, 0.3) is 0 Å². The summed E-state index contributed by atoms with van der Waals surface area (Å²) >= 11 is 0. The molecule has 7 heteroatoms. The summed E-state index contributed by atoms with van der Waals surface area (Å²) < 4.78 is 4.81. The van der Waals surface area contributed by atoms with E-state index in [4.69, 9.17) is 10.00 Å². The van der Waals surface area contributed by atoms with Gasteiger partial charge in [-0.25, -0.2) is 4.79 Å². The molecule has 7 nitrogen and oxygen atoms in total. The Morgan fingerprint density at radius 2 is 1.70 bits per heavy atom. The minimum absolute atomic E-state index is 0.0176. The summed E-state index contributed by atoms with van der Waals surface area (Å²) in [4.78, 5) is 28.2. The van der Waals surface area contributed by atoms with Gasteiger partial charge in [-0.15, -0.1) is 0 Å². The molecule has 1 saturated carbocycles. The molecule has 1 aromatic carbocycles. The van der Waals surface area contributed by atoms with Crippen molar-refractivity contribution in [3.63, 3.8) is 0 Å². The SMILES string of the molecule is COC(=O)[C@H]1CC[C@H](NC(=O)N2CCN(c3ccc(C#N)cc3)CC2)CC1. The number of carbonyl (C=O) groups excluding carboxylic acids is 2. The summed E-state index contributed by atoms with van der Waals surface area (Å²) in [6.07, 6.45) is 3.17. The van der Waals surface area contributed by atoms with Gasteiger partial charge in [-0.05, 0) is 49.9 Å². The second-order valence-electron chi connectivity index (χ2n) is 7.15. The van der Waals surface area contributed by atoms with Crippen LogP contribution in [-0.4, -0.2) is 56.2 Å². The van der Waals surface area contributed by atoms with Crippen LogP contribution >= 0.6 is 0 Å². The van der Waals surface area contributed by atoms with Gasteiger partial charge < -0.3 is 19.9 Å². The first kappa shape index (κ1) is 19.0. The van der Waals surface area contributed by atoms with E-state index in [9.17, 15) is 9.59 Å². The maximum Gasteiger partial charge on any atom is 0.317 e. The minimum atomic E-state index is -0.140. The van der Waals surface area contributed by atoms with E-state index in [-0.39, 0.29) is 24.0 Å². The fraction of sp³-hybridized carbons (Fsp3) is 0.550. The number of amides is 2. The first-order valence-electron chi connectivity index (χ1n) is 9.49. The zero-order valence-electron chi connectivity index (χ0n) is 15.7. The molecule has 1 aromatic rings. The van der Waals surface area contributed by atoms with Crippen molar-refractivity contribution in [2.24, 2.45) is 5.92 Å². The van der Waals surface area contributed by atoms with Crippen molar-refractivity contribution in [1.29, 1.82) is 5.26 Å². The molecule has 0 bridgehead atoms. The van der Waals surface area contributed by atoms with Crippen molar-refractivity contribution < 1.29 is 14.3 Å². The average Bonchev–Trinajstić information content (AvgIpc) is 2.74. The molecule has 3 rings (SSSR count). The number of hydrogen-bond donors (Lipinski definition) is 1. The Hall–Kier alpha value is -2.75. The molecule has 27 heavy (non-hydrogen) atoms. The lowest BCUT2D eigenvalue weighted by atomic mass is 9.86. The lowest BCUT2D eigenvalue weighted by Crippen LogP contribution is -2.54. The Bertz CT molecular complexity index is 697. The van der Waals surface area contributed by atoms with Gasteiger partial charge in [0.2, 0.25) is 0 Å². The van der Waals surface area contributed by atoms with E-state index >= 15 is 0 Å². The van der Waals surface area contributed by atoms with Crippen molar-refractivity contribution in [3.05, 3.63) is 29.8 Å². The van der Waals surface area contributed by atoms with Crippen LogP contribution in [0.2, 0.25) is 0 Å². The van der Waals surface area contributed by atoms with Crippen molar-refractivity contribution in [2.45, 2.75) is 31.7 Å². The molecule has 1 heterocycles. The Morgan fingerprint density at radius 1 is 1.07 bits per heavy atom. The number of hydrogen-bond acceptors (Lipinski definition) is 5. The van der Waals surface area contributed by atoms with E-state index in [0.717, 1.165) is 44.5 Å². The van der Waals surface area contributed by atoms with E-state index < -0.39 is 0 Å². The average molecular weight is 370 g/mol. The molecule has 0 unspecified atom stereocenters. The van der Waals surface area contributed by atoms with Crippen molar-refractivity contribution >= 4 is 17.7 Å². The number of piperazine rings is 1. The van der Waals surface area contributed by atoms with Crippen LogP contribution in [0.4, 0.5) is 10.5 Å². The van der Waals surface area contributed by atoms with Gasteiger partial charge in [-0.2, -0.15) is 5.26 Å². The second-order valence-corrected chi connectivity index (χ2v) is 7.15. The van der Waals surface area contributed by atoms with Gasteiger partial charge >= 0.3 is 12.0 Å². The monoisotopic (exact) mass is 370 g/mol. The highest BCUT2D eigenvalue weighted by Crippen LogP contribution is 2.25. The number of anilines is 1. The van der Waals surface area contributed by atoms with Gasteiger partial charge in [-0.3, -0.25) is 4.79 Å². The first-order valence-corrected chi connectivity index (χ1v) is 9.49. The maximum absolute atomic E-state index is 12.5. The Balaban J connectivity index is 1.43. The van der Waals surface area contributed by atoms with Crippen molar-refractivity contribution in [2.75, 3.05) is 38.2 Å². The van der Waals surface area contributed by atoms with Crippen LogP contribution in [0.1, 0.15) is 31.2 Å². The number of urea groups is 1. The van der Waals surface area contributed by atoms with Crippen molar-refractivity contribution in [3.8, 4) is 6.07 Å². The second kappa shape index (κ2) is 8.76. The number of carbonyl (C=O) groups is 2. The minimum Gasteiger partial charge on any atom is -0.469 e. The molecule has 2 amide bonds. The van der Waals surface area contributed by atoms with Crippen LogP contribution in [-0.2, 0) is 9.53 Å². The summed E-state index contributed by atoms with van der Waals surface area (Å²) in [6.45, 7) is 2.88. The third-order valence-electron chi connectivity index (χ3n) is 5.52. The highest BCUT2D eigenvalue weighted by Gasteiger charge is 2.29. The molecule has 1 saturated heterocycles. The third-order valence-corrected chi connectivity index (χ3v) is 5.52. The number of ether oxygens (including phenoxy) is 1. The Labute approximate surface area is 159 Å². The summed E-state index contributed by atoms with van der Waals surface area (Å²) in [5.74, 6) is -0.169. The third kappa shape index (κ3) is 4.70. The highest BCUT2D eigenvalue weighted by molar-refractivity contribution is 5.75. The Kier molecular flexibility index (Phi) is 6.17. The normalized spacial score (nSPS) is 22.7. The number of nitriles is 1. The number of methoxy groups -OCH3 is 1. The molecule has 0 spiro atoms. The Morgan fingerprint density at radius 3 is 2.26 bits per heavy atom. The predicted octanol–water partition coefficient (Wildman–Crippen LogP) is 2.12. The van der Waals surface area contributed by atoms with Crippen LogP contribution in [0.25, 0.3) is 0 Å². The molecule has 2 fully saturated rings. The maximum atomic E-state index is 12.5. The number of esters is 1. The van der Waals surface area contributed by atoms with Gasteiger partial charge in [0.05, 0.1) is 24.7 Å². The molecule has 2 aliphatic rings. The fourth-order valence-electron chi connectivity index (χ4n) is 3.82. The summed E-state index contributed by atoms with van der Waals surface area (Å²) in [5.41, 5.74) is 1.73. The summed E-state index contributed by atoms with van der Waals surface area (Å²) in [5, 5.41) is 12.0. The highest BCUT2D eigenvalue weighted by atomic mass is 16.5. The molecule has 1 aliphatic heterocycles. The van der Waals surface area contributed by atoms with Gasteiger partial charge in [0.1, 0.15) is 0 Å². The van der Waals surface area contributed by atoms with Crippen molar-refractivity contribution in [1.82, 2.24) is 10.2 Å².